The molecule has 0 radical (unpaired) electrons. The van der Waals surface area contributed by atoms with Crippen LogP contribution in [-0.4, -0.2) is 39.9 Å². The van der Waals surface area contributed by atoms with E-state index in [-0.39, 0.29) is 23.4 Å². The minimum absolute atomic E-state index is 0.0221. The lowest BCUT2D eigenvalue weighted by Gasteiger charge is -2.23. The molecule has 1 fully saturated rings. The minimum Gasteiger partial charge on any atom is -0.507 e. The molecule has 1 aromatic heterocycles. The summed E-state index contributed by atoms with van der Waals surface area (Å²) >= 11 is 0. The molecular formula is C25H21NO7. The molecule has 1 aliphatic rings. The van der Waals surface area contributed by atoms with Crippen LogP contribution in [0.4, 0.5) is 0 Å². The number of amides is 1. The van der Waals surface area contributed by atoms with Gasteiger partial charge in [-0.1, -0.05) is 12.1 Å². The second kappa shape index (κ2) is 8.66. The zero-order valence-corrected chi connectivity index (χ0v) is 17.9. The third-order valence-corrected chi connectivity index (χ3v) is 5.57. The number of aryl methyl sites for hydroxylation is 1. The van der Waals surface area contributed by atoms with Gasteiger partial charge in [0.1, 0.15) is 23.3 Å². The molecule has 8 nitrogen and oxygen atoms in total. The summed E-state index contributed by atoms with van der Waals surface area (Å²) in [4.78, 5) is 38.4. The fourth-order valence-electron chi connectivity index (χ4n) is 3.92. The van der Waals surface area contributed by atoms with E-state index < -0.39 is 23.7 Å². The summed E-state index contributed by atoms with van der Waals surface area (Å²) in [6, 6.07) is 13.3. The third kappa shape index (κ3) is 3.98. The van der Waals surface area contributed by atoms with E-state index in [9.17, 15) is 19.5 Å². The van der Waals surface area contributed by atoms with Crippen molar-refractivity contribution in [2.45, 2.75) is 19.5 Å². The van der Waals surface area contributed by atoms with Gasteiger partial charge in [0.15, 0.2) is 0 Å². The summed E-state index contributed by atoms with van der Waals surface area (Å²) in [6.07, 6.45) is 1.43. The second-order valence-corrected chi connectivity index (χ2v) is 7.63. The zero-order chi connectivity index (χ0) is 23.7. The predicted octanol–water partition coefficient (Wildman–Crippen LogP) is 3.92. The Morgan fingerprint density at radius 2 is 1.76 bits per heavy atom. The largest absolute Gasteiger partial charge is 0.507 e. The summed E-state index contributed by atoms with van der Waals surface area (Å²) in [5.41, 5.74) is 1.77. The van der Waals surface area contributed by atoms with E-state index in [4.69, 9.17) is 14.3 Å². The van der Waals surface area contributed by atoms with Crippen molar-refractivity contribution in [2.24, 2.45) is 0 Å². The number of hydrogen-bond acceptors (Lipinski definition) is 6. The van der Waals surface area contributed by atoms with Gasteiger partial charge in [0.25, 0.3) is 11.7 Å². The lowest BCUT2D eigenvalue weighted by molar-refractivity contribution is -0.140. The molecule has 3 aromatic rings. The number of carbonyl (C=O) groups is 3. The van der Waals surface area contributed by atoms with Crippen molar-refractivity contribution in [3.05, 3.63) is 94.4 Å². The molecule has 0 saturated carbocycles. The first-order valence-corrected chi connectivity index (χ1v) is 10.1. The van der Waals surface area contributed by atoms with Gasteiger partial charge in [-0.25, -0.2) is 4.79 Å². The molecule has 168 valence electrons. The van der Waals surface area contributed by atoms with Crippen LogP contribution in [0.3, 0.4) is 0 Å². The summed E-state index contributed by atoms with van der Waals surface area (Å²) in [7, 11) is 1.54. The van der Waals surface area contributed by atoms with Gasteiger partial charge in [0.05, 0.1) is 24.5 Å². The van der Waals surface area contributed by atoms with Crippen molar-refractivity contribution in [3.63, 3.8) is 0 Å². The van der Waals surface area contributed by atoms with Crippen molar-refractivity contribution < 1.29 is 33.8 Å². The number of Topliss-reactive ketones (excluding diaryl/α,β-unsaturated/α-hetero) is 1. The number of methoxy groups -OCH3 is 1. The molecule has 1 saturated heterocycles. The molecule has 2 heterocycles. The van der Waals surface area contributed by atoms with Crippen LogP contribution in [0.25, 0.3) is 5.76 Å². The number of rotatable bonds is 6. The smallest absolute Gasteiger partial charge is 0.335 e. The summed E-state index contributed by atoms with van der Waals surface area (Å²) in [5.74, 6) is -2.05. The number of ketones is 1. The average Bonchev–Trinajstić information content (AvgIpc) is 3.42. The highest BCUT2D eigenvalue weighted by molar-refractivity contribution is 6.46. The molecule has 0 bridgehead atoms. The number of aromatic carboxylic acids is 1. The zero-order valence-electron chi connectivity index (χ0n) is 17.9. The first kappa shape index (κ1) is 21.9. The van der Waals surface area contributed by atoms with Gasteiger partial charge in [0, 0.05) is 12.1 Å². The van der Waals surface area contributed by atoms with Gasteiger partial charge >= 0.3 is 5.97 Å². The van der Waals surface area contributed by atoms with Crippen molar-refractivity contribution in [3.8, 4) is 5.75 Å². The molecule has 8 heteroatoms. The van der Waals surface area contributed by atoms with Crippen molar-refractivity contribution in [1.82, 2.24) is 4.90 Å². The van der Waals surface area contributed by atoms with E-state index >= 15 is 0 Å². The highest BCUT2D eigenvalue weighted by Crippen LogP contribution is 2.40. The van der Waals surface area contributed by atoms with E-state index in [1.807, 2.05) is 0 Å². The lowest BCUT2D eigenvalue weighted by atomic mass is 9.98. The van der Waals surface area contributed by atoms with Crippen molar-refractivity contribution >= 4 is 23.4 Å². The minimum atomic E-state index is -1.06. The van der Waals surface area contributed by atoms with E-state index in [2.05, 4.69) is 0 Å². The number of benzene rings is 2. The van der Waals surface area contributed by atoms with Gasteiger partial charge in [-0.05, 0) is 60.5 Å². The topological polar surface area (TPSA) is 117 Å². The van der Waals surface area contributed by atoms with Gasteiger partial charge in [-0.2, -0.15) is 0 Å². The highest BCUT2D eigenvalue weighted by Gasteiger charge is 2.47. The van der Waals surface area contributed by atoms with E-state index in [0.29, 0.717) is 22.6 Å². The molecule has 2 aromatic carbocycles. The van der Waals surface area contributed by atoms with Crippen molar-refractivity contribution in [1.29, 1.82) is 0 Å². The normalized spacial score (nSPS) is 17.4. The first-order valence-electron chi connectivity index (χ1n) is 10.1. The van der Waals surface area contributed by atoms with Crippen LogP contribution < -0.4 is 4.74 Å². The molecule has 1 amide bonds. The molecule has 0 spiro atoms. The number of furan rings is 1. The van der Waals surface area contributed by atoms with Crippen LogP contribution >= 0.6 is 0 Å². The number of carbonyl (C=O) groups excluding carboxylic acids is 2. The Balaban J connectivity index is 1.78. The van der Waals surface area contributed by atoms with Crippen LogP contribution in [0.15, 0.2) is 70.9 Å². The Labute approximate surface area is 189 Å². The standard InChI is InChI=1S/C25H21NO7/c1-14-12-17(9-10-18(14)32-2)22(27)20-21(19-4-3-11-33-19)26(24(29)23(20)28)13-15-5-7-16(8-6-15)25(30)31/h3-12,21,27H,13H2,1-2H3,(H,30,31)/b22-20-. The monoisotopic (exact) mass is 447 g/mol. The van der Waals surface area contributed by atoms with E-state index in [1.165, 1.54) is 30.4 Å². The lowest BCUT2D eigenvalue weighted by Crippen LogP contribution is -2.29. The number of carboxylic acids is 1. The number of likely N-dealkylation sites (tertiary alicyclic amines) is 1. The summed E-state index contributed by atoms with van der Waals surface area (Å²) in [6.45, 7) is 1.83. The quantitative estimate of drug-likeness (QED) is 0.334. The Morgan fingerprint density at radius 1 is 1.06 bits per heavy atom. The SMILES string of the molecule is COc1ccc(/C(O)=C2/C(=O)C(=O)N(Cc3ccc(C(=O)O)cc3)C2c2ccco2)cc1C. The fourth-order valence-corrected chi connectivity index (χ4v) is 3.92. The summed E-state index contributed by atoms with van der Waals surface area (Å²) in [5, 5.41) is 20.2. The Hall–Kier alpha value is -4.33. The first-order chi connectivity index (χ1) is 15.8. The molecule has 4 rings (SSSR count). The number of aliphatic hydroxyl groups is 1. The van der Waals surface area contributed by atoms with E-state index in [0.717, 1.165) is 5.56 Å². The van der Waals surface area contributed by atoms with Gasteiger partial charge in [-0.3, -0.25) is 9.59 Å². The molecule has 1 atom stereocenters. The maximum absolute atomic E-state index is 13.0. The second-order valence-electron chi connectivity index (χ2n) is 7.63. The maximum Gasteiger partial charge on any atom is 0.335 e. The van der Waals surface area contributed by atoms with Crippen LogP contribution in [0.1, 0.15) is 38.9 Å². The van der Waals surface area contributed by atoms with Crippen LogP contribution in [0.5, 0.6) is 5.75 Å². The van der Waals surface area contributed by atoms with Gasteiger partial charge in [-0.15, -0.1) is 0 Å². The maximum atomic E-state index is 13.0. The predicted molar refractivity (Wildman–Crippen MR) is 118 cm³/mol. The average molecular weight is 447 g/mol. The Morgan fingerprint density at radius 3 is 2.33 bits per heavy atom. The Bertz CT molecular complexity index is 1260. The highest BCUT2D eigenvalue weighted by atomic mass is 16.5. The summed E-state index contributed by atoms with van der Waals surface area (Å²) < 4.78 is 10.8. The van der Waals surface area contributed by atoms with Gasteiger partial charge < -0.3 is 24.3 Å². The number of aliphatic hydroxyl groups excluding tert-OH is 1. The molecule has 2 N–H and O–H groups in total. The molecular weight excluding hydrogens is 426 g/mol. The molecule has 0 aliphatic carbocycles. The molecule has 1 unspecified atom stereocenters. The van der Waals surface area contributed by atoms with Crippen LogP contribution in [0.2, 0.25) is 0 Å². The number of hydrogen-bond donors (Lipinski definition) is 2. The van der Waals surface area contributed by atoms with E-state index in [1.54, 1.807) is 49.4 Å². The van der Waals surface area contributed by atoms with Gasteiger partial charge in [0.2, 0.25) is 0 Å². The van der Waals surface area contributed by atoms with Crippen molar-refractivity contribution in [2.75, 3.05) is 7.11 Å². The number of ether oxygens (including phenoxy) is 1. The number of carboxylic acid groups (broad SMARTS) is 1. The van der Waals surface area contributed by atoms with Crippen LogP contribution in [-0.2, 0) is 16.1 Å². The fraction of sp³-hybridized carbons (Fsp3) is 0.160. The molecule has 1 aliphatic heterocycles. The number of nitrogens with zero attached hydrogens (tertiary/aromatic N) is 1. The Kier molecular flexibility index (Phi) is 5.74. The molecule has 33 heavy (non-hydrogen) atoms. The third-order valence-electron chi connectivity index (χ3n) is 5.57. The van der Waals surface area contributed by atoms with Crippen LogP contribution in [0, 0.1) is 6.92 Å².